The van der Waals surface area contributed by atoms with Crippen molar-refractivity contribution in [1.29, 1.82) is 0 Å². The molecule has 2 aromatic rings. The molecule has 6 heteroatoms. The maximum absolute atomic E-state index is 13.0. The Morgan fingerprint density at radius 2 is 2.00 bits per heavy atom. The largest absolute Gasteiger partial charge is 0.350 e. The molecule has 0 radical (unpaired) electrons. The second-order valence-corrected chi connectivity index (χ2v) is 4.63. The van der Waals surface area contributed by atoms with Crippen LogP contribution < -0.4 is 10.9 Å². The van der Waals surface area contributed by atoms with Crippen molar-refractivity contribution in [3.05, 3.63) is 35.8 Å². The van der Waals surface area contributed by atoms with Crippen LogP contribution >= 0.6 is 0 Å². The summed E-state index contributed by atoms with van der Waals surface area (Å²) in [4.78, 5) is 26.0. The van der Waals surface area contributed by atoms with Crippen molar-refractivity contribution < 1.29 is 14.0 Å². The Morgan fingerprint density at radius 1 is 1.21 bits per heavy atom. The fourth-order valence-corrected chi connectivity index (χ4v) is 1.86. The standard InChI is InChI=1S/C13H12FN3O2/c14-9-3-4-10-8(5-9)6-11(15-10)13(19)17-16-12(18)7-1-2-7/h3-7,15H,1-2H2,(H,16,18)(H,17,19). The van der Waals surface area contributed by atoms with Gasteiger partial charge in [0.15, 0.2) is 0 Å². The minimum absolute atomic E-state index is 0.0251. The summed E-state index contributed by atoms with van der Waals surface area (Å²) in [7, 11) is 0. The SMILES string of the molecule is O=C(NNC(=O)C1CC1)c1cc2cc(F)ccc2[nH]1. The third kappa shape index (κ3) is 2.42. The zero-order valence-electron chi connectivity index (χ0n) is 10.00. The molecule has 98 valence electrons. The molecule has 2 amide bonds. The van der Waals surface area contributed by atoms with E-state index in [1.54, 1.807) is 6.07 Å². The average molecular weight is 261 g/mol. The van der Waals surface area contributed by atoms with Gasteiger partial charge in [0.25, 0.3) is 5.91 Å². The van der Waals surface area contributed by atoms with Gasteiger partial charge in [0.1, 0.15) is 11.5 Å². The van der Waals surface area contributed by atoms with Gasteiger partial charge in [-0.3, -0.25) is 20.4 Å². The first-order valence-corrected chi connectivity index (χ1v) is 6.02. The Bertz CT molecular complexity index is 661. The van der Waals surface area contributed by atoms with Gasteiger partial charge in [-0.25, -0.2) is 4.39 Å². The van der Waals surface area contributed by atoms with E-state index in [0.717, 1.165) is 12.8 Å². The summed E-state index contributed by atoms with van der Waals surface area (Å²) in [5.74, 6) is -0.960. The maximum atomic E-state index is 13.0. The minimum atomic E-state index is -0.453. The summed E-state index contributed by atoms with van der Waals surface area (Å²) in [6, 6.07) is 5.75. The number of hydrogen-bond acceptors (Lipinski definition) is 2. The third-order valence-corrected chi connectivity index (χ3v) is 3.07. The number of hydrazine groups is 1. The Hall–Kier alpha value is -2.37. The fraction of sp³-hybridized carbons (Fsp3) is 0.231. The predicted molar refractivity (Wildman–Crippen MR) is 66.6 cm³/mol. The number of hydrogen-bond donors (Lipinski definition) is 3. The molecule has 3 N–H and O–H groups in total. The van der Waals surface area contributed by atoms with Gasteiger partial charge in [0, 0.05) is 16.8 Å². The Balaban J connectivity index is 1.71. The number of carbonyl (C=O) groups excluding carboxylic acids is 2. The van der Waals surface area contributed by atoms with Crippen molar-refractivity contribution in [2.75, 3.05) is 0 Å². The van der Waals surface area contributed by atoms with Crippen LogP contribution in [0.15, 0.2) is 24.3 Å². The van der Waals surface area contributed by atoms with Crippen LogP contribution in [0.4, 0.5) is 4.39 Å². The van der Waals surface area contributed by atoms with Crippen molar-refractivity contribution in [3.8, 4) is 0 Å². The van der Waals surface area contributed by atoms with Crippen LogP contribution in [-0.2, 0) is 4.79 Å². The predicted octanol–water partition coefficient (Wildman–Crippen LogP) is 1.48. The normalized spacial score (nSPS) is 14.4. The lowest BCUT2D eigenvalue weighted by atomic mass is 10.2. The van der Waals surface area contributed by atoms with Gasteiger partial charge >= 0.3 is 0 Å². The quantitative estimate of drug-likeness (QED) is 0.716. The number of nitrogens with one attached hydrogen (secondary N) is 3. The lowest BCUT2D eigenvalue weighted by molar-refractivity contribution is -0.123. The van der Waals surface area contributed by atoms with Crippen molar-refractivity contribution in [1.82, 2.24) is 15.8 Å². The number of H-pyrrole nitrogens is 1. The van der Waals surface area contributed by atoms with Gasteiger partial charge in [0.2, 0.25) is 5.91 Å². The van der Waals surface area contributed by atoms with Crippen molar-refractivity contribution in [2.24, 2.45) is 5.92 Å². The molecule has 0 atom stereocenters. The summed E-state index contributed by atoms with van der Waals surface area (Å²) in [5.41, 5.74) is 5.64. The number of aromatic amines is 1. The maximum Gasteiger partial charge on any atom is 0.286 e. The lowest BCUT2D eigenvalue weighted by Gasteiger charge is -2.04. The average Bonchev–Trinajstić information content (AvgIpc) is 3.15. The smallest absolute Gasteiger partial charge is 0.286 e. The summed E-state index contributed by atoms with van der Waals surface area (Å²) in [6.45, 7) is 0. The third-order valence-electron chi connectivity index (χ3n) is 3.07. The molecule has 5 nitrogen and oxygen atoms in total. The van der Waals surface area contributed by atoms with E-state index < -0.39 is 5.91 Å². The van der Waals surface area contributed by atoms with Crippen LogP contribution in [0.2, 0.25) is 0 Å². The summed E-state index contributed by atoms with van der Waals surface area (Å²) < 4.78 is 13.0. The highest BCUT2D eigenvalue weighted by molar-refractivity contribution is 5.98. The zero-order valence-corrected chi connectivity index (χ0v) is 10.00. The highest BCUT2D eigenvalue weighted by atomic mass is 19.1. The van der Waals surface area contributed by atoms with E-state index in [2.05, 4.69) is 15.8 Å². The topological polar surface area (TPSA) is 74.0 Å². The molecule has 0 saturated heterocycles. The first-order valence-electron chi connectivity index (χ1n) is 6.02. The van der Waals surface area contributed by atoms with Gasteiger partial charge in [-0.05, 0) is 37.1 Å². The molecule has 1 aromatic heterocycles. The van der Waals surface area contributed by atoms with E-state index in [4.69, 9.17) is 0 Å². The molecule has 1 heterocycles. The fourth-order valence-electron chi connectivity index (χ4n) is 1.86. The van der Waals surface area contributed by atoms with Gasteiger partial charge in [0.05, 0.1) is 0 Å². The molecule has 1 aliphatic carbocycles. The number of halogens is 1. The number of aromatic nitrogens is 1. The van der Waals surface area contributed by atoms with E-state index >= 15 is 0 Å². The van der Waals surface area contributed by atoms with Gasteiger partial charge in [-0.2, -0.15) is 0 Å². The number of benzene rings is 1. The molecule has 1 aliphatic rings. The molecule has 1 aromatic carbocycles. The summed E-state index contributed by atoms with van der Waals surface area (Å²) >= 11 is 0. The zero-order chi connectivity index (χ0) is 13.4. The summed E-state index contributed by atoms with van der Waals surface area (Å²) in [5, 5.41) is 0.610. The van der Waals surface area contributed by atoms with Crippen molar-refractivity contribution in [3.63, 3.8) is 0 Å². The van der Waals surface area contributed by atoms with Crippen LogP contribution in [-0.4, -0.2) is 16.8 Å². The van der Waals surface area contributed by atoms with Crippen LogP contribution in [0, 0.1) is 11.7 Å². The molecule has 0 bridgehead atoms. The first-order chi connectivity index (χ1) is 9.13. The lowest BCUT2D eigenvalue weighted by Crippen LogP contribution is -2.42. The van der Waals surface area contributed by atoms with E-state index in [1.165, 1.54) is 18.2 Å². The van der Waals surface area contributed by atoms with Crippen molar-refractivity contribution in [2.45, 2.75) is 12.8 Å². The minimum Gasteiger partial charge on any atom is -0.350 e. The highest BCUT2D eigenvalue weighted by Crippen LogP contribution is 2.28. The van der Waals surface area contributed by atoms with E-state index in [-0.39, 0.29) is 23.3 Å². The second-order valence-electron chi connectivity index (χ2n) is 4.63. The monoisotopic (exact) mass is 261 g/mol. The van der Waals surface area contributed by atoms with Crippen LogP contribution in [0.25, 0.3) is 10.9 Å². The van der Waals surface area contributed by atoms with Crippen LogP contribution in [0.5, 0.6) is 0 Å². The molecule has 19 heavy (non-hydrogen) atoms. The number of amides is 2. The number of rotatable bonds is 2. The molecular weight excluding hydrogens is 249 g/mol. The molecule has 1 fully saturated rings. The molecular formula is C13H12FN3O2. The van der Waals surface area contributed by atoms with Gasteiger partial charge in [-0.1, -0.05) is 0 Å². The number of carbonyl (C=O) groups is 2. The van der Waals surface area contributed by atoms with Crippen LogP contribution in [0.1, 0.15) is 23.3 Å². The number of fused-ring (bicyclic) bond motifs is 1. The van der Waals surface area contributed by atoms with Gasteiger partial charge < -0.3 is 4.98 Å². The second kappa shape index (κ2) is 4.38. The van der Waals surface area contributed by atoms with Crippen molar-refractivity contribution >= 4 is 22.7 Å². The molecule has 3 rings (SSSR count). The van der Waals surface area contributed by atoms with E-state index in [0.29, 0.717) is 10.9 Å². The highest BCUT2D eigenvalue weighted by Gasteiger charge is 2.29. The van der Waals surface area contributed by atoms with E-state index in [1.807, 2.05) is 0 Å². The Morgan fingerprint density at radius 3 is 2.74 bits per heavy atom. The molecule has 0 spiro atoms. The van der Waals surface area contributed by atoms with Gasteiger partial charge in [-0.15, -0.1) is 0 Å². The first kappa shape index (κ1) is 11.7. The Kier molecular flexibility index (Phi) is 2.70. The van der Waals surface area contributed by atoms with E-state index in [9.17, 15) is 14.0 Å². The Labute approximate surface area is 108 Å². The van der Waals surface area contributed by atoms with Crippen LogP contribution in [0.3, 0.4) is 0 Å². The molecule has 0 unspecified atom stereocenters. The molecule has 1 saturated carbocycles. The molecule has 0 aliphatic heterocycles. The summed E-state index contributed by atoms with van der Waals surface area (Å²) in [6.07, 6.45) is 1.74.